The molecule has 0 aromatic heterocycles. The molecular weight excluding hydrogens is 180 g/mol. The first-order chi connectivity index (χ1) is 7.23. The Bertz CT molecular complexity index is 395. The van der Waals surface area contributed by atoms with Gasteiger partial charge in [0.05, 0.1) is 0 Å². The second-order valence-electron chi connectivity index (χ2n) is 5.54. The maximum atomic E-state index is 2.33. The van der Waals surface area contributed by atoms with E-state index in [0.29, 0.717) is 5.41 Å². The highest BCUT2D eigenvalue weighted by molar-refractivity contribution is 5.49. The van der Waals surface area contributed by atoms with Crippen LogP contribution >= 0.6 is 0 Å². The molecular formula is C15H20. The van der Waals surface area contributed by atoms with E-state index in [0.717, 1.165) is 0 Å². The van der Waals surface area contributed by atoms with Gasteiger partial charge in [0, 0.05) is 0 Å². The van der Waals surface area contributed by atoms with Crippen LogP contribution in [-0.2, 0) is 11.8 Å². The molecule has 1 fully saturated rings. The summed E-state index contributed by atoms with van der Waals surface area (Å²) >= 11 is 0. The van der Waals surface area contributed by atoms with Crippen molar-refractivity contribution in [1.82, 2.24) is 0 Å². The fraction of sp³-hybridized carbons (Fsp3) is 0.600. The molecule has 0 heteroatoms. The SMILES string of the molecule is Cc1ccc(C)c2c1CCC21CCCC1. The van der Waals surface area contributed by atoms with Crippen LogP contribution < -0.4 is 0 Å². The maximum absolute atomic E-state index is 2.33. The van der Waals surface area contributed by atoms with Crippen LogP contribution in [-0.4, -0.2) is 0 Å². The topological polar surface area (TPSA) is 0 Å². The van der Waals surface area contributed by atoms with Gasteiger partial charge >= 0.3 is 0 Å². The Kier molecular flexibility index (Phi) is 1.95. The first-order valence-corrected chi connectivity index (χ1v) is 6.32. The molecule has 0 unspecified atom stereocenters. The first-order valence-electron chi connectivity index (χ1n) is 6.32. The molecule has 0 atom stereocenters. The lowest BCUT2D eigenvalue weighted by Crippen LogP contribution is -2.19. The molecule has 2 aliphatic rings. The summed E-state index contributed by atoms with van der Waals surface area (Å²) in [6.07, 6.45) is 8.56. The fourth-order valence-electron chi connectivity index (χ4n) is 3.97. The van der Waals surface area contributed by atoms with Crippen LogP contribution in [0.1, 0.15) is 54.4 Å². The summed E-state index contributed by atoms with van der Waals surface area (Å²) in [5.41, 5.74) is 7.12. The van der Waals surface area contributed by atoms with Gasteiger partial charge in [0.25, 0.3) is 0 Å². The standard InChI is InChI=1S/C15H20/c1-11-5-6-12(2)14-13(11)7-10-15(14)8-3-4-9-15/h5-6H,3-4,7-10H2,1-2H3. The number of benzene rings is 1. The molecule has 1 aromatic rings. The number of hydrogen-bond donors (Lipinski definition) is 0. The van der Waals surface area contributed by atoms with Gasteiger partial charge in [-0.2, -0.15) is 0 Å². The maximum Gasteiger partial charge on any atom is -0.00384 e. The Morgan fingerprint density at radius 2 is 1.60 bits per heavy atom. The van der Waals surface area contributed by atoms with Gasteiger partial charge in [-0.05, 0) is 67.2 Å². The first kappa shape index (κ1) is 9.45. The predicted octanol–water partition coefficient (Wildman–Crippen LogP) is 4.06. The molecule has 0 N–H and O–H groups in total. The van der Waals surface area contributed by atoms with Crippen LogP contribution in [0.15, 0.2) is 12.1 Å². The minimum Gasteiger partial charge on any atom is -0.0588 e. The van der Waals surface area contributed by atoms with Gasteiger partial charge in [0.2, 0.25) is 0 Å². The minimum atomic E-state index is 0.603. The highest BCUT2D eigenvalue weighted by Crippen LogP contribution is 2.51. The van der Waals surface area contributed by atoms with Gasteiger partial charge in [0.1, 0.15) is 0 Å². The zero-order valence-corrected chi connectivity index (χ0v) is 9.90. The molecule has 80 valence electrons. The molecule has 1 spiro atoms. The van der Waals surface area contributed by atoms with Crippen LogP contribution in [0.4, 0.5) is 0 Å². The van der Waals surface area contributed by atoms with Crippen molar-refractivity contribution in [2.45, 2.75) is 57.8 Å². The molecule has 1 saturated carbocycles. The quantitative estimate of drug-likeness (QED) is 0.592. The molecule has 0 heterocycles. The number of rotatable bonds is 0. The van der Waals surface area contributed by atoms with Crippen LogP contribution in [0.25, 0.3) is 0 Å². The van der Waals surface area contributed by atoms with Crippen molar-refractivity contribution in [3.8, 4) is 0 Å². The Morgan fingerprint density at radius 3 is 2.33 bits per heavy atom. The summed E-state index contributed by atoms with van der Waals surface area (Å²) in [4.78, 5) is 0. The predicted molar refractivity (Wildman–Crippen MR) is 64.4 cm³/mol. The van der Waals surface area contributed by atoms with Gasteiger partial charge in [-0.15, -0.1) is 0 Å². The van der Waals surface area contributed by atoms with Crippen molar-refractivity contribution in [2.75, 3.05) is 0 Å². The summed E-state index contributed by atoms with van der Waals surface area (Å²) in [5.74, 6) is 0. The van der Waals surface area contributed by atoms with Crippen LogP contribution in [0, 0.1) is 13.8 Å². The fourth-order valence-corrected chi connectivity index (χ4v) is 3.97. The molecule has 2 aliphatic carbocycles. The summed E-state index contributed by atoms with van der Waals surface area (Å²) < 4.78 is 0. The molecule has 0 aliphatic heterocycles. The van der Waals surface area contributed by atoms with E-state index < -0.39 is 0 Å². The van der Waals surface area contributed by atoms with E-state index in [-0.39, 0.29) is 0 Å². The van der Waals surface area contributed by atoms with Crippen molar-refractivity contribution in [2.24, 2.45) is 0 Å². The van der Waals surface area contributed by atoms with Crippen molar-refractivity contribution in [1.29, 1.82) is 0 Å². The third kappa shape index (κ3) is 1.20. The normalized spacial score (nSPS) is 22.3. The second kappa shape index (κ2) is 3.10. The summed E-state index contributed by atoms with van der Waals surface area (Å²) in [6.45, 7) is 4.59. The molecule has 0 saturated heterocycles. The van der Waals surface area contributed by atoms with E-state index in [4.69, 9.17) is 0 Å². The van der Waals surface area contributed by atoms with Gasteiger partial charge in [-0.3, -0.25) is 0 Å². The molecule has 0 nitrogen and oxygen atoms in total. The monoisotopic (exact) mass is 200 g/mol. The highest BCUT2D eigenvalue weighted by atomic mass is 14.5. The Labute approximate surface area is 92.7 Å². The minimum absolute atomic E-state index is 0.603. The van der Waals surface area contributed by atoms with E-state index in [1.807, 2.05) is 0 Å². The van der Waals surface area contributed by atoms with Crippen molar-refractivity contribution >= 4 is 0 Å². The van der Waals surface area contributed by atoms with E-state index in [2.05, 4.69) is 26.0 Å². The zero-order chi connectivity index (χ0) is 10.5. The van der Waals surface area contributed by atoms with E-state index in [9.17, 15) is 0 Å². The molecule has 0 bridgehead atoms. The average molecular weight is 200 g/mol. The Balaban J connectivity index is 2.20. The van der Waals surface area contributed by atoms with E-state index in [1.54, 1.807) is 16.7 Å². The molecule has 15 heavy (non-hydrogen) atoms. The average Bonchev–Trinajstić information content (AvgIpc) is 2.83. The number of fused-ring (bicyclic) bond motifs is 2. The van der Waals surface area contributed by atoms with Gasteiger partial charge in [-0.25, -0.2) is 0 Å². The highest BCUT2D eigenvalue weighted by Gasteiger charge is 2.42. The second-order valence-corrected chi connectivity index (χ2v) is 5.54. The van der Waals surface area contributed by atoms with Crippen molar-refractivity contribution in [3.63, 3.8) is 0 Å². The molecule has 0 radical (unpaired) electrons. The summed E-state index contributed by atoms with van der Waals surface area (Å²) in [6, 6.07) is 4.64. The van der Waals surface area contributed by atoms with Gasteiger partial charge in [-0.1, -0.05) is 25.0 Å². The lowest BCUT2D eigenvalue weighted by Gasteiger charge is -2.26. The lowest BCUT2D eigenvalue weighted by molar-refractivity contribution is 0.437. The number of hydrogen-bond acceptors (Lipinski definition) is 0. The summed E-state index contributed by atoms with van der Waals surface area (Å²) in [5, 5.41) is 0. The van der Waals surface area contributed by atoms with Crippen LogP contribution in [0.5, 0.6) is 0 Å². The third-order valence-electron chi connectivity index (χ3n) is 4.70. The lowest BCUT2D eigenvalue weighted by atomic mass is 9.78. The summed E-state index contributed by atoms with van der Waals surface area (Å²) in [7, 11) is 0. The van der Waals surface area contributed by atoms with E-state index in [1.165, 1.54) is 44.1 Å². The Hall–Kier alpha value is -0.780. The Morgan fingerprint density at radius 1 is 0.933 bits per heavy atom. The molecule has 1 aromatic carbocycles. The zero-order valence-electron chi connectivity index (χ0n) is 9.90. The molecule has 3 rings (SSSR count). The van der Waals surface area contributed by atoms with Crippen LogP contribution in [0.3, 0.4) is 0 Å². The van der Waals surface area contributed by atoms with Gasteiger partial charge < -0.3 is 0 Å². The van der Waals surface area contributed by atoms with Crippen molar-refractivity contribution < 1.29 is 0 Å². The molecule has 0 amide bonds. The third-order valence-corrected chi connectivity index (χ3v) is 4.70. The van der Waals surface area contributed by atoms with Gasteiger partial charge in [0.15, 0.2) is 0 Å². The van der Waals surface area contributed by atoms with Crippen LogP contribution in [0.2, 0.25) is 0 Å². The van der Waals surface area contributed by atoms with E-state index >= 15 is 0 Å². The number of aryl methyl sites for hydroxylation is 2. The van der Waals surface area contributed by atoms with Crippen molar-refractivity contribution in [3.05, 3.63) is 34.4 Å². The smallest absolute Gasteiger partial charge is 0.00384 e. The largest absolute Gasteiger partial charge is 0.0588 e.